The molecule has 0 aromatic heterocycles. The van der Waals surface area contributed by atoms with Gasteiger partial charge in [0.2, 0.25) is 0 Å². The van der Waals surface area contributed by atoms with E-state index in [4.69, 9.17) is 10.5 Å². The van der Waals surface area contributed by atoms with Crippen molar-refractivity contribution in [2.45, 2.75) is 39.3 Å². The Morgan fingerprint density at radius 3 is 2.29 bits per heavy atom. The summed E-state index contributed by atoms with van der Waals surface area (Å²) in [6.45, 7) is 5.67. The number of aryl methyl sites for hydroxylation is 1. The second-order valence-electron chi connectivity index (χ2n) is 4.26. The summed E-state index contributed by atoms with van der Waals surface area (Å²) in [6.07, 6.45) is 0.138. The Labute approximate surface area is 109 Å². The SMILES string of the molecule is Cc1ccc(C(N)CC(=O)OC(C)C)cc1.Cl. The van der Waals surface area contributed by atoms with E-state index in [2.05, 4.69) is 0 Å². The van der Waals surface area contributed by atoms with Gasteiger partial charge in [-0.25, -0.2) is 0 Å². The van der Waals surface area contributed by atoms with Crippen LogP contribution in [0.3, 0.4) is 0 Å². The first-order valence-corrected chi connectivity index (χ1v) is 5.50. The average Bonchev–Trinajstić information content (AvgIpc) is 2.16. The van der Waals surface area contributed by atoms with E-state index in [0.717, 1.165) is 5.56 Å². The summed E-state index contributed by atoms with van der Waals surface area (Å²) in [5.74, 6) is -0.247. The molecule has 0 aliphatic rings. The standard InChI is InChI=1S/C13H19NO2.ClH/c1-9(2)16-13(15)8-12(14)11-6-4-10(3)5-7-11;/h4-7,9,12H,8,14H2,1-3H3;1H. The van der Waals surface area contributed by atoms with Crippen molar-refractivity contribution in [2.24, 2.45) is 5.73 Å². The number of carbonyl (C=O) groups excluding carboxylic acids is 1. The molecule has 2 N–H and O–H groups in total. The fourth-order valence-electron chi connectivity index (χ4n) is 1.42. The van der Waals surface area contributed by atoms with E-state index < -0.39 is 0 Å². The molecule has 1 aromatic rings. The molecule has 1 rings (SSSR count). The molecule has 0 fully saturated rings. The van der Waals surface area contributed by atoms with Crippen molar-refractivity contribution in [3.8, 4) is 0 Å². The van der Waals surface area contributed by atoms with E-state index in [1.165, 1.54) is 5.56 Å². The van der Waals surface area contributed by atoms with E-state index >= 15 is 0 Å². The number of ether oxygens (including phenoxy) is 1. The van der Waals surface area contributed by atoms with E-state index in [0.29, 0.717) is 0 Å². The van der Waals surface area contributed by atoms with Gasteiger partial charge in [0.05, 0.1) is 12.5 Å². The number of rotatable bonds is 4. The normalized spacial score (nSPS) is 11.8. The molecule has 0 amide bonds. The van der Waals surface area contributed by atoms with Gasteiger partial charge in [-0.15, -0.1) is 12.4 Å². The Bertz CT molecular complexity index is 349. The topological polar surface area (TPSA) is 52.3 Å². The molecule has 3 nitrogen and oxygen atoms in total. The van der Waals surface area contributed by atoms with Crippen LogP contribution in [0.1, 0.15) is 37.4 Å². The van der Waals surface area contributed by atoms with Gasteiger partial charge in [0.15, 0.2) is 0 Å². The summed E-state index contributed by atoms with van der Waals surface area (Å²) in [7, 11) is 0. The Hall–Kier alpha value is -1.06. The molecule has 1 unspecified atom stereocenters. The first kappa shape index (κ1) is 15.9. The number of hydrogen-bond donors (Lipinski definition) is 1. The van der Waals surface area contributed by atoms with Crippen molar-refractivity contribution in [3.05, 3.63) is 35.4 Å². The summed E-state index contributed by atoms with van der Waals surface area (Å²) >= 11 is 0. The van der Waals surface area contributed by atoms with Gasteiger partial charge in [0.1, 0.15) is 0 Å². The van der Waals surface area contributed by atoms with Gasteiger partial charge in [-0.2, -0.15) is 0 Å². The molecule has 1 aromatic carbocycles. The highest BCUT2D eigenvalue weighted by molar-refractivity contribution is 5.85. The molecule has 17 heavy (non-hydrogen) atoms. The Kier molecular flexibility index (Phi) is 6.85. The lowest BCUT2D eigenvalue weighted by atomic mass is 10.0. The number of nitrogens with two attached hydrogens (primary N) is 1. The van der Waals surface area contributed by atoms with E-state index in [1.54, 1.807) is 0 Å². The van der Waals surface area contributed by atoms with Crippen LogP contribution >= 0.6 is 12.4 Å². The number of halogens is 1. The first-order valence-electron chi connectivity index (χ1n) is 5.50. The van der Waals surface area contributed by atoms with Gasteiger partial charge in [-0.3, -0.25) is 4.79 Å². The quantitative estimate of drug-likeness (QED) is 0.844. The van der Waals surface area contributed by atoms with Gasteiger partial charge in [0, 0.05) is 6.04 Å². The molecule has 0 aliphatic heterocycles. The van der Waals surface area contributed by atoms with E-state index in [-0.39, 0.29) is 36.9 Å². The third kappa shape index (κ3) is 5.71. The van der Waals surface area contributed by atoms with Gasteiger partial charge in [-0.1, -0.05) is 29.8 Å². The summed E-state index contributed by atoms with van der Waals surface area (Å²) in [6, 6.07) is 7.59. The Morgan fingerprint density at radius 2 is 1.82 bits per heavy atom. The first-order chi connectivity index (χ1) is 7.49. The van der Waals surface area contributed by atoms with Crippen LogP contribution in [0.5, 0.6) is 0 Å². The third-order valence-electron chi connectivity index (χ3n) is 2.26. The monoisotopic (exact) mass is 257 g/mol. The highest BCUT2D eigenvalue weighted by Crippen LogP contribution is 2.15. The van der Waals surface area contributed by atoms with Crippen molar-refractivity contribution in [3.63, 3.8) is 0 Å². The lowest BCUT2D eigenvalue weighted by Crippen LogP contribution is -2.19. The number of carbonyl (C=O) groups is 1. The molecule has 96 valence electrons. The van der Waals surface area contributed by atoms with E-state index in [1.807, 2.05) is 45.0 Å². The second-order valence-corrected chi connectivity index (χ2v) is 4.26. The molecule has 0 spiro atoms. The molecular weight excluding hydrogens is 238 g/mol. The Morgan fingerprint density at radius 1 is 1.29 bits per heavy atom. The minimum Gasteiger partial charge on any atom is -0.463 e. The van der Waals surface area contributed by atoms with Crippen LogP contribution in [0.4, 0.5) is 0 Å². The van der Waals surface area contributed by atoms with E-state index in [9.17, 15) is 4.79 Å². The van der Waals surface area contributed by atoms with Crippen LogP contribution in [-0.2, 0) is 9.53 Å². The summed E-state index contributed by atoms with van der Waals surface area (Å²) < 4.78 is 5.05. The maximum atomic E-state index is 11.4. The van der Waals surface area contributed by atoms with Crippen LogP contribution in [0.2, 0.25) is 0 Å². The smallest absolute Gasteiger partial charge is 0.307 e. The zero-order chi connectivity index (χ0) is 12.1. The van der Waals surface area contributed by atoms with Gasteiger partial charge < -0.3 is 10.5 Å². The maximum Gasteiger partial charge on any atom is 0.307 e. The fraction of sp³-hybridized carbons (Fsp3) is 0.462. The van der Waals surface area contributed by atoms with Gasteiger partial charge in [-0.05, 0) is 26.3 Å². The largest absolute Gasteiger partial charge is 0.463 e. The van der Waals surface area contributed by atoms with Crippen LogP contribution < -0.4 is 5.73 Å². The second kappa shape index (κ2) is 7.30. The predicted octanol–water partition coefficient (Wildman–Crippen LogP) is 2.76. The molecule has 0 radical (unpaired) electrons. The highest BCUT2D eigenvalue weighted by atomic mass is 35.5. The van der Waals surface area contributed by atoms with Gasteiger partial charge >= 0.3 is 5.97 Å². The molecule has 0 saturated carbocycles. The van der Waals surface area contributed by atoms with Crippen molar-refractivity contribution >= 4 is 18.4 Å². The summed E-state index contributed by atoms with van der Waals surface area (Å²) in [4.78, 5) is 11.4. The zero-order valence-corrected chi connectivity index (χ0v) is 11.3. The van der Waals surface area contributed by atoms with Crippen LogP contribution in [0.25, 0.3) is 0 Å². The third-order valence-corrected chi connectivity index (χ3v) is 2.26. The van der Waals surface area contributed by atoms with Crippen molar-refractivity contribution in [1.29, 1.82) is 0 Å². The molecule has 0 saturated heterocycles. The van der Waals surface area contributed by atoms with Crippen LogP contribution in [0.15, 0.2) is 24.3 Å². The number of esters is 1. The Balaban J connectivity index is 0.00000256. The summed E-state index contributed by atoms with van der Waals surface area (Å²) in [5, 5.41) is 0. The summed E-state index contributed by atoms with van der Waals surface area (Å²) in [5.41, 5.74) is 8.07. The maximum absolute atomic E-state index is 11.4. The zero-order valence-electron chi connectivity index (χ0n) is 10.5. The van der Waals surface area contributed by atoms with Crippen LogP contribution in [0, 0.1) is 6.92 Å². The minimum absolute atomic E-state index is 0. The van der Waals surface area contributed by atoms with Crippen molar-refractivity contribution in [2.75, 3.05) is 0 Å². The highest BCUT2D eigenvalue weighted by Gasteiger charge is 2.13. The lowest BCUT2D eigenvalue weighted by molar-refractivity contribution is -0.147. The fourth-order valence-corrected chi connectivity index (χ4v) is 1.42. The average molecular weight is 258 g/mol. The molecule has 0 bridgehead atoms. The van der Waals surface area contributed by atoms with Crippen molar-refractivity contribution < 1.29 is 9.53 Å². The van der Waals surface area contributed by atoms with Gasteiger partial charge in [0.25, 0.3) is 0 Å². The molecule has 0 heterocycles. The minimum atomic E-state index is -0.285. The molecule has 1 atom stereocenters. The molecule has 4 heteroatoms. The number of hydrogen-bond acceptors (Lipinski definition) is 3. The number of benzene rings is 1. The van der Waals surface area contributed by atoms with Crippen molar-refractivity contribution in [1.82, 2.24) is 0 Å². The predicted molar refractivity (Wildman–Crippen MR) is 71.2 cm³/mol. The van der Waals surface area contributed by atoms with Crippen LogP contribution in [-0.4, -0.2) is 12.1 Å². The molecule has 0 aliphatic carbocycles. The molecular formula is C13H20ClNO2. The lowest BCUT2D eigenvalue weighted by Gasteiger charge is -2.13.